The summed E-state index contributed by atoms with van der Waals surface area (Å²) in [6, 6.07) is 17.5. The van der Waals surface area contributed by atoms with Crippen molar-refractivity contribution in [2.75, 3.05) is 30.4 Å². The first-order chi connectivity index (χ1) is 14.9. The Kier molecular flexibility index (Phi) is 5.68. The van der Waals surface area contributed by atoms with Crippen LogP contribution in [0.2, 0.25) is 0 Å². The van der Waals surface area contributed by atoms with Crippen molar-refractivity contribution in [3.8, 4) is 17.2 Å². The first-order valence-electron chi connectivity index (χ1n) is 9.42. The Labute approximate surface area is 179 Å². The Morgan fingerprint density at radius 2 is 1.52 bits per heavy atom. The summed E-state index contributed by atoms with van der Waals surface area (Å²) in [7, 11) is -2.27. The molecule has 9 heteroatoms. The van der Waals surface area contributed by atoms with Gasteiger partial charge in [-0.05, 0) is 60.7 Å². The Balaban J connectivity index is 1.44. The number of rotatable bonds is 6. The summed E-state index contributed by atoms with van der Waals surface area (Å²) in [5, 5.41) is 2.77. The molecule has 4 rings (SSSR count). The third kappa shape index (κ3) is 4.72. The molecule has 1 heterocycles. The van der Waals surface area contributed by atoms with Crippen LogP contribution in [0.1, 0.15) is 10.4 Å². The minimum atomic E-state index is -3.83. The zero-order valence-electron chi connectivity index (χ0n) is 16.6. The van der Waals surface area contributed by atoms with E-state index in [4.69, 9.17) is 14.2 Å². The molecule has 0 radical (unpaired) electrons. The summed E-state index contributed by atoms with van der Waals surface area (Å²) >= 11 is 0. The van der Waals surface area contributed by atoms with Crippen molar-refractivity contribution in [1.82, 2.24) is 0 Å². The van der Waals surface area contributed by atoms with E-state index < -0.39 is 10.0 Å². The minimum absolute atomic E-state index is 0.0538. The van der Waals surface area contributed by atoms with Crippen LogP contribution >= 0.6 is 0 Å². The summed E-state index contributed by atoms with van der Waals surface area (Å²) in [5.74, 6) is 1.27. The van der Waals surface area contributed by atoms with E-state index in [1.165, 1.54) is 24.3 Å². The second kappa shape index (κ2) is 8.57. The number of sulfonamides is 1. The lowest BCUT2D eigenvalue weighted by Gasteiger charge is -2.19. The van der Waals surface area contributed by atoms with E-state index in [9.17, 15) is 13.2 Å². The molecule has 160 valence electrons. The van der Waals surface area contributed by atoms with Gasteiger partial charge in [0.1, 0.15) is 19.0 Å². The second-order valence-corrected chi connectivity index (χ2v) is 8.35. The number of amides is 1. The number of carbonyl (C=O) groups is 1. The molecule has 0 atom stereocenters. The number of fused-ring (bicyclic) bond motifs is 1. The molecule has 0 fully saturated rings. The molecule has 8 nitrogen and oxygen atoms in total. The van der Waals surface area contributed by atoms with Crippen LogP contribution in [-0.2, 0) is 10.0 Å². The van der Waals surface area contributed by atoms with Crippen LogP contribution in [0, 0.1) is 0 Å². The summed E-state index contributed by atoms with van der Waals surface area (Å²) in [4.78, 5) is 12.5. The largest absolute Gasteiger partial charge is 0.497 e. The van der Waals surface area contributed by atoms with Crippen molar-refractivity contribution in [2.24, 2.45) is 0 Å². The number of nitrogens with one attached hydrogen (secondary N) is 2. The van der Waals surface area contributed by atoms with Crippen molar-refractivity contribution in [3.63, 3.8) is 0 Å². The lowest BCUT2D eigenvalue weighted by molar-refractivity contribution is 0.102. The van der Waals surface area contributed by atoms with Gasteiger partial charge in [0.15, 0.2) is 11.5 Å². The highest BCUT2D eigenvalue weighted by Gasteiger charge is 2.19. The van der Waals surface area contributed by atoms with Gasteiger partial charge in [0.2, 0.25) is 0 Å². The molecule has 0 aliphatic carbocycles. The van der Waals surface area contributed by atoms with Crippen LogP contribution in [0.5, 0.6) is 17.2 Å². The van der Waals surface area contributed by atoms with Crippen molar-refractivity contribution in [3.05, 3.63) is 72.3 Å². The van der Waals surface area contributed by atoms with Gasteiger partial charge in [-0.25, -0.2) is 8.42 Å². The Hall–Kier alpha value is -3.72. The molecular formula is C22H20N2O6S. The maximum atomic E-state index is 12.7. The first kappa shape index (κ1) is 20.5. The summed E-state index contributed by atoms with van der Waals surface area (Å²) in [6.07, 6.45) is 0. The molecule has 3 aromatic carbocycles. The lowest BCUT2D eigenvalue weighted by atomic mass is 10.2. The summed E-state index contributed by atoms with van der Waals surface area (Å²) < 4.78 is 43.9. The molecule has 1 amide bonds. The fourth-order valence-electron chi connectivity index (χ4n) is 2.97. The molecule has 0 aromatic heterocycles. The van der Waals surface area contributed by atoms with E-state index in [0.717, 1.165) is 0 Å². The van der Waals surface area contributed by atoms with Gasteiger partial charge < -0.3 is 19.5 Å². The van der Waals surface area contributed by atoms with Crippen LogP contribution in [0.15, 0.2) is 71.6 Å². The lowest BCUT2D eigenvalue weighted by Crippen LogP contribution is -2.17. The first-order valence-corrected chi connectivity index (χ1v) is 10.9. The van der Waals surface area contributed by atoms with Gasteiger partial charge in [-0.2, -0.15) is 0 Å². The molecule has 3 aromatic rings. The fourth-order valence-corrected chi connectivity index (χ4v) is 4.05. The van der Waals surface area contributed by atoms with Crippen LogP contribution in [0.4, 0.5) is 11.4 Å². The molecule has 0 unspecified atom stereocenters. The van der Waals surface area contributed by atoms with E-state index in [-0.39, 0.29) is 10.8 Å². The SMILES string of the molecule is COc1ccc(NC(=O)c2ccc(NS(=O)(=O)c3ccc4c(c3)OCCO4)cc2)cc1. The van der Waals surface area contributed by atoms with Crippen LogP contribution in [0.3, 0.4) is 0 Å². The number of carbonyl (C=O) groups excluding carboxylic acids is 1. The van der Waals surface area contributed by atoms with Crippen LogP contribution in [0.25, 0.3) is 0 Å². The Morgan fingerprint density at radius 1 is 0.871 bits per heavy atom. The van der Waals surface area contributed by atoms with E-state index in [2.05, 4.69) is 10.0 Å². The highest BCUT2D eigenvalue weighted by Crippen LogP contribution is 2.32. The topological polar surface area (TPSA) is 103 Å². The Bertz CT molecular complexity index is 1190. The molecule has 0 bridgehead atoms. The minimum Gasteiger partial charge on any atom is -0.497 e. The van der Waals surface area contributed by atoms with Crippen molar-refractivity contribution >= 4 is 27.3 Å². The highest BCUT2D eigenvalue weighted by atomic mass is 32.2. The second-order valence-electron chi connectivity index (χ2n) is 6.67. The monoisotopic (exact) mass is 440 g/mol. The summed E-state index contributed by atoms with van der Waals surface area (Å²) in [6.45, 7) is 0.791. The number of hydrogen-bond donors (Lipinski definition) is 2. The van der Waals surface area contributed by atoms with Gasteiger partial charge in [-0.3, -0.25) is 9.52 Å². The van der Waals surface area contributed by atoms with E-state index in [1.807, 2.05) is 0 Å². The average molecular weight is 440 g/mol. The highest BCUT2D eigenvalue weighted by molar-refractivity contribution is 7.92. The van der Waals surface area contributed by atoms with Crippen LogP contribution < -0.4 is 24.2 Å². The molecule has 0 saturated heterocycles. The number of anilines is 2. The maximum Gasteiger partial charge on any atom is 0.262 e. The third-order valence-electron chi connectivity index (χ3n) is 4.57. The van der Waals surface area contributed by atoms with Gasteiger partial charge in [-0.1, -0.05) is 0 Å². The molecule has 0 spiro atoms. The number of benzene rings is 3. The average Bonchev–Trinajstić information content (AvgIpc) is 2.79. The maximum absolute atomic E-state index is 12.7. The van der Waals surface area contributed by atoms with E-state index in [0.29, 0.717) is 47.4 Å². The predicted molar refractivity (Wildman–Crippen MR) is 116 cm³/mol. The smallest absolute Gasteiger partial charge is 0.262 e. The molecule has 1 aliphatic heterocycles. The van der Waals surface area contributed by atoms with Gasteiger partial charge in [0.05, 0.1) is 12.0 Å². The van der Waals surface area contributed by atoms with Gasteiger partial charge in [0.25, 0.3) is 15.9 Å². The normalized spacial score (nSPS) is 12.7. The zero-order valence-corrected chi connectivity index (χ0v) is 17.4. The number of hydrogen-bond acceptors (Lipinski definition) is 6. The molecular weight excluding hydrogens is 420 g/mol. The zero-order chi connectivity index (χ0) is 21.8. The Morgan fingerprint density at radius 3 is 2.19 bits per heavy atom. The van der Waals surface area contributed by atoms with Gasteiger partial charge in [-0.15, -0.1) is 0 Å². The van der Waals surface area contributed by atoms with Crippen molar-refractivity contribution in [1.29, 1.82) is 0 Å². The summed E-state index contributed by atoms with van der Waals surface area (Å²) in [5.41, 5.74) is 1.34. The fraction of sp³-hybridized carbons (Fsp3) is 0.136. The molecule has 1 aliphatic rings. The van der Waals surface area contributed by atoms with Crippen LogP contribution in [-0.4, -0.2) is 34.6 Å². The molecule has 0 saturated carbocycles. The van der Waals surface area contributed by atoms with Gasteiger partial charge in [0, 0.05) is 23.0 Å². The van der Waals surface area contributed by atoms with Gasteiger partial charge >= 0.3 is 0 Å². The standard InChI is InChI=1S/C22H20N2O6S/c1-28-18-8-6-16(7-9-18)23-22(25)15-2-4-17(5-3-15)24-31(26,27)19-10-11-20-21(14-19)30-13-12-29-20/h2-11,14,24H,12-13H2,1H3,(H,23,25). The molecule has 2 N–H and O–H groups in total. The van der Waals surface area contributed by atoms with Crippen molar-refractivity contribution < 1.29 is 27.4 Å². The number of methoxy groups -OCH3 is 1. The quantitative estimate of drug-likeness (QED) is 0.608. The molecule has 31 heavy (non-hydrogen) atoms. The third-order valence-corrected chi connectivity index (χ3v) is 5.95. The number of ether oxygens (including phenoxy) is 3. The van der Waals surface area contributed by atoms with E-state index >= 15 is 0 Å². The van der Waals surface area contributed by atoms with E-state index in [1.54, 1.807) is 49.6 Å². The predicted octanol–water partition coefficient (Wildman–Crippen LogP) is 3.52. The van der Waals surface area contributed by atoms with Crippen molar-refractivity contribution in [2.45, 2.75) is 4.90 Å².